The largest absolute Gasteiger partial charge is 0.396 e. The second kappa shape index (κ2) is 4.07. The van der Waals surface area contributed by atoms with Crippen LogP contribution in [0.25, 0.3) is 10.9 Å². The predicted octanol–water partition coefficient (Wildman–Crippen LogP) is 2.66. The van der Waals surface area contributed by atoms with Crippen LogP contribution in [0.2, 0.25) is 0 Å². The molecule has 2 aromatic rings. The Hall–Kier alpha value is -1.28. The molecule has 0 fully saturated rings. The highest BCUT2D eigenvalue weighted by molar-refractivity contribution is 5.84. The van der Waals surface area contributed by atoms with Gasteiger partial charge in [-0.25, -0.2) is 0 Å². The molecule has 1 aromatic heterocycles. The molecule has 0 radical (unpaired) electrons. The van der Waals surface area contributed by atoms with E-state index < -0.39 is 0 Å². The third-order valence-electron chi connectivity index (χ3n) is 3.08. The molecule has 0 aliphatic rings. The van der Waals surface area contributed by atoms with E-state index in [4.69, 9.17) is 0 Å². The number of fused-ring (bicyclic) bond motifs is 1. The van der Waals surface area contributed by atoms with Gasteiger partial charge in [0.15, 0.2) is 0 Å². The summed E-state index contributed by atoms with van der Waals surface area (Å²) >= 11 is 0. The third-order valence-corrected chi connectivity index (χ3v) is 3.08. The van der Waals surface area contributed by atoms with E-state index in [9.17, 15) is 5.11 Å². The fourth-order valence-corrected chi connectivity index (χ4v) is 2.15. The SMILES string of the molecule is CCC(CO)c1cn(C)c2ccccc12. The number of aliphatic hydroxyl groups is 1. The fraction of sp³-hybridized carbons (Fsp3) is 0.385. The molecule has 1 atom stereocenters. The zero-order valence-corrected chi connectivity index (χ0v) is 9.27. The van der Waals surface area contributed by atoms with Gasteiger partial charge in [-0.05, 0) is 18.1 Å². The van der Waals surface area contributed by atoms with Gasteiger partial charge in [-0.3, -0.25) is 0 Å². The summed E-state index contributed by atoms with van der Waals surface area (Å²) in [5, 5.41) is 10.6. The zero-order valence-electron chi connectivity index (χ0n) is 9.27. The van der Waals surface area contributed by atoms with Crippen molar-refractivity contribution in [2.24, 2.45) is 7.05 Å². The average molecular weight is 203 g/mol. The Kier molecular flexibility index (Phi) is 2.78. The Balaban J connectivity index is 2.61. The van der Waals surface area contributed by atoms with Gasteiger partial charge in [0.25, 0.3) is 0 Å². The van der Waals surface area contributed by atoms with Crippen LogP contribution in [0.15, 0.2) is 30.5 Å². The number of hydrogen-bond donors (Lipinski definition) is 1. The topological polar surface area (TPSA) is 25.2 Å². The standard InChI is InChI=1S/C13H17NO/c1-3-10(9-15)12-8-14(2)13-7-5-4-6-11(12)13/h4-8,10,15H,3,9H2,1-2H3. The summed E-state index contributed by atoms with van der Waals surface area (Å²) in [5.41, 5.74) is 2.50. The quantitative estimate of drug-likeness (QED) is 0.815. The number of aryl methyl sites for hydroxylation is 1. The highest BCUT2D eigenvalue weighted by atomic mass is 16.3. The molecular weight excluding hydrogens is 186 g/mol. The van der Waals surface area contributed by atoms with E-state index >= 15 is 0 Å². The summed E-state index contributed by atoms with van der Waals surface area (Å²) in [4.78, 5) is 0. The minimum atomic E-state index is 0.227. The highest BCUT2D eigenvalue weighted by Gasteiger charge is 2.13. The number of benzene rings is 1. The first-order valence-electron chi connectivity index (χ1n) is 5.42. The van der Waals surface area contributed by atoms with Gasteiger partial charge in [0.05, 0.1) is 0 Å². The van der Waals surface area contributed by atoms with E-state index in [0.29, 0.717) is 0 Å². The van der Waals surface area contributed by atoms with Crippen LogP contribution >= 0.6 is 0 Å². The van der Waals surface area contributed by atoms with Crippen molar-refractivity contribution in [2.75, 3.05) is 6.61 Å². The van der Waals surface area contributed by atoms with Gasteiger partial charge in [0.1, 0.15) is 0 Å². The number of hydrogen-bond acceptors (Lipinski definition) is 1. The molecule has 0 aliphatic heterocycles. The summed E-state index contributed by atoms with van der Waals surface area (Å²) in [6, 6.07) is 8.34. The van der Waals surface area contributed by atoms with Crippen molar-refractivity contribution in [3.05, 3.63) is 36.0 Å². The molecular formula is C13H17NO. The van der Waals surface area contributed by atoms with Gasteiger partial charge in [0.2, 0.25) is 0 Å². The summed E-state index contributed by atoms with van der Waals surface area (Å²) < 4.78 is 2.13. The molecule has 15 heavy (non-hydrogen) atoms. The molecule has 1 aromatic carbocycles. The Morgan fingerprint density at radius 3 is 2.73 bits per heavy atom. The maximum Gasteiger partial charge on any atom is 0.0500 e. The van der Waals surface area contributed by atoms with Crippen LogP contribution in [0.5, 0.6) is 0 Å². The van der Waals surface area contributed by atoms with E-state index in [1.807, 2.05) is 6.07 Å². The smallest absolute Gasteiger partial charge is 0.0500 e. The first-order chi connectivity index (χ1) is 7.27. The van der Waals surface area contributed by atoms with Gasteiger partial charge < -0.3 is 9.67 Å². The molecule has 80 valence electrons. The second-order valence-corrected chi connectivity index (χ2v) is 4.00. The van der Waals surface area contributed by atoms with Crippen molar-refractivity contribution in [1.29, 1.82) is 0 Å². The number of aliphatic hydroxyl groups excluding tert-OH is 1. The molecule has 0 saturated heterocycles. The number of rotatable bonds is 3. The van der Waals surface area contributed by atoms with Crippen LogP contribution in [0.4, 0.5) is 0 Å². The van der Waals surface area contributed by atoms with Crippen LogP contribution in [-0.4, -0.2) is 16.3 Å². The summed E-state index contributed by atoms with van der Waals surface area (Å²) in [5.74, 6) is 0.260. The van der Waals surface area contributed by atoms with Crippen molar-refractivity contribution in [3.63, 3.8) is 0 Å². The van der Waals surface area contributed by atoms with Crippen molar-refractivity contribution in [2.45, 2.75) is 19.3 Å². The minimum absolute atomic E-state index is 0.227. The lowest BCUT2D eigenvalue weighted by molar-refractivity contribution is 0.263. The number of para-hydroxylation sites is 1. The summed E-state index contributed by atoms with van der Waals surface area (Å²) in [6.07, 6.45) is 3.11. The summed E-state index contributed by atoms with van der Waals surface area (Å²) in [7, 11) is 2.05. The van der Waals surface area contributed by atoms with Crippen molar-refractivity contribution in [1.82, 2.24) is 4.57 Å². The fourth-order valence-electron chi connectivity index (χ4n) is 2.15. The van der Waals surface area contributed by atoms with Crippen molar-refractivity contribution >= 4 is 10.9 Å². The Morgan fingerprint density at radius 2 is 2.07 bits per heavy atom. The van der Waals surface area contributed by atoms with E-state index in [1.165, 1.54) is 16.5 Å². The van der Waals surface area contributed by atoms with Gasteiger partial charge in [-0.1, -0.05) is 25.1 Å². The van der Waals surface area contributed by atoms with Gasteiger partial charge in [-0.2, -0.15) is 0 Å². The van der Waals surface area contributed by atoms with E-state index in [2.05, 4.69) is 42.9 Å². The molecule has 2 nitrogen and oxygen atoms in total. The van der Waals surface area contributed by atoms with E-state index in [1.54, 1.807) is 0 Å². The Labute approximate surface area is 90.2 Å². The Morgan fingerprint density at radius 1 is 1.33 bits per heavy atom. The first-order valence-corrected chi connectivity index (χ1v) is 5.42. The normalized spacial score (nSPS) is 13.3. The highest BCUT2D eigenvalue weighted by Crippen LogP contribution is 2.28. The number of aromatic nitrogens is 1. The van der Waals surface area contributed by atoms with Gasteiger partial charge in [0, 0.05) is 36.7 Å². The van der Waals surface area contributed by atoms with Crippen molar-refractivity contribution < 1.29 is 5.11 Å². The molecule has 2 rings (SSSR count). The van der Waals surface area contributed by atoms with Crippen LogP contribution in [0, 0.1) is 0 Å². The zero-order chi connectivity index (χ0) is 10.8. The molecule has 1 unspecified atom stereocenters. The first kappa shape index (κ1) is 10.2. The number of nitrogens with zero attached hydrogens (tertiary/aromatic N) is 1. The maximum atomic E-state index is 9.34. The molecule has 1 heterocycles. The molecule has 0 amide bonds. The molecule has 0 aliphatic carbocycles. The second-order valence-electron chi connectivity index (χ2n) is 4.00. The molecule has 0 bridgehead atoms. The third kappa shape index (κ3) is 1.65. The van der Waals surface area contributed by atoms with Crippen LogP contribution in [0.1, 0.15) is 24.8 Å². The van der Waals surface area contributed by atoms with Crippen LogP contribution in [-0.2, 0) is 7.05 Å². The van der Waals surface area contributed by atoms with Crippen LogP contribution < -0.4 is 0 Å². The lowest BCUT2D eigenvalue weighted by Crippen LogP contribution is -2.01. The lowest BCUT2D eigenvalue weighted by Gasteiger charge is -2.09. The predicted molar refractivity (Wildman–Crippen MR) is 63.0 cm³/mol. The Bertz CT molecular complexity index is 455. The van der Waals surface area contributed by atoms with Gasteiger partial charge in [-0.15, -0.1) is 0 Å². The molecule has 2 heteroatoms. The minimum Gasteiger partial charge on any atom is -0.396 e. The lowest BCUT2D eigenvalue weighted by atomic mass is 9.97. The van der Waals surface area contributed by atoms with Gasteiger partial charge >= 0.3 is 0 Å². The maximum absolute atomic E-state index is 9.34. The summed E-state index contributed by atoms with van der Waals surface area (Å²) in [6.45, 7) is 2.34. The van der Waals surface area contributed by atoms with E-state index in [-0.39, 0.29) is 12.5 Å². The average Bonchev–Trinajstić information content (AvgIpc) is 2.60. The molecule has 0 saturated carbocycles. The van der Waals surface area contributed by atoms with Crippen LogP contribution in [0.3, 0.4) is 0 Å². The molecule has 1 N–H and O–H groups in total. The monoisotopic (exact) mass is 203 g/mol. The molecule has 0 spiro atoms. The van der Waals surface area contributed by atoms with E-state index in [0.717, 1.165) is 6.42 Å². The van der Waals surface area contributed by atoms with Crippen molar-refractivity contribution in [3.8, 4) is 0 Å².